The average Bonchev–Trinajstić information content (AvgIpc) is 3.25. The molecule has 1 aromatic heterocycles. The van der Waals surface area contributed by atoms with Crippen LogP contribution in [0.15, 0.2) is 83.9 Å². The molecule has 0 radical (unpaired) electrons. The number of benzene rings is 2. The molecule has 3 N–H and O–H groups in total. The highest BCUT2D eigenvalue weighted by molar-refractivity contribution is 7.10. The van der Waals surface area contributed by atoms with Gasteiger partial charge in [0.05, 0.1) is 0 Å². The van der Waals surface area contributed by atoms with Crippen LogP contribution in [0.1, 0.15) is 25.6 Å². The fourth-order valence-electron chi connectivity index (χ4n) is 2.30. The van der Waals surface area contributed by atoms with Crippen molar-refractivity contribution in [2.24, 2.45) is 0 Å². The smallest absolute Gasteiger partial charge is 0.286 e. The molecular formula is C21H17N3O3S. The molecule has 7 heteroatoms. The van der Waals surface area contributed by atoms with Crippen molar-refractivity contribution in [1.29, 1.82) is 0 Å². The van der Waals surface area contributed by atoms with Gasteiger partial charge >= 0.3 is 0 Å². The summed E-state index contributed by atoms with van der Waals surface area (Å²) in [5, 5.41) is 4.46. The first-order chi connectivity index (χ1) is 13.6. The van der Waals surface area contributed by atoms with Crippen LogP contribution < -0.4 is 16.2 Å². The highest BCUT2D eigenvalue weighted by Crippen LogP contribution is 2.13. The number of hydrogen-bond donors (Lipinski definition) is 3. The first kappa shape index (κ1) is 19.1. The van der Waals surface area contributed by atoms with Crippen LogP contribution in [0.5, 0.6) is 0 Å². The van der Waals surface area contributed by atoms with Crippen molar-refractivity contribution in [3.63, 3.8) is 0 Å². The summed E-state index contributed by atoms with van der Waals surface area (Å²) in [6, 6.07) is 20.7. The zero-order chi connectivity index (χ0) is 19.8. The van der Waals surface area contributed by atoms with E-state index in [0.717, 1.165) is 4.88 Å². The molecule has 2 aromatic carbocycles. The molecule has 0 unspecified atom stereocenters. The average molecular weight is 391 g/mol. The Bertz CT molecular complexity index is 984. The molecule has 0 atom stereocenters. The van der Waals surface area contributed by atoms with Crippen molar-refractivity contribution in [3.05, 3.63) is 99.9 Å². The van der Waals surface area contributed by atoms with Gasteiger partial charge in [0, 0.05) is 16.0 Å². The lowest BCUT2D eigenvalue weighted by atomic mass is 10.2. The van der Waals surface area contributed by atoms with Gasteiger partial charge < -0.3 is 5.32 Å². The topological polar surface area (TPSA) is 87.3 Å². The Morgan fingerprint density at radius 2 is 1.32 bits per heavy atom. The summed E-state index contributed by atoms with van der Waals surface area (Å²) in [4.78, 5) is 37.9. The maximum atomic E-state index is 12.6. The van der Waals surface area contributed by atoms with E-state index < -0.39 is 17.7 Å². The van der Waals surface area contributed by atoms with Gasteiger partial charge in [-0.15, -0.1) is 11.3 Å². The molecule has 0 spiro atoms. The predicted octanol–water partition coefficient (Wildman–Crippen LogP) is 2.98. The Morgan fingerprint density at radius 3 is 1.89 bits per heavy atom. The maximum absolute atomic E-state index is 12.6. The molecule has 0 saturated heterocycles. The summed E-state index contributed by atoms with van der Waals surface area (Å²) in [7, 11) is 0. The molecule has 0 fully saturated rings. The molecule has 0 saturated carbocycles. The van der Waals surface area contributed by atoms with E-state index in [2.05, 4.69) is 16.2 Å². The third-order valence-electron chi connectivity index (χ3n) is 3.68. The third kappa shape index (κ3) is 5.15. The molecule has 0 aliphatic rings. The van der Waals surface area contributed by atoms with Crippen molar-refractivity contribution >= 4 is 35.1 Å². The normalized spacial score (nSPS) is 10.8. The maximum Gasteiger partial charge on any atom is 0.286 e. The number of thiophene rings is 1. The molecule has 0 aliphatic carbocycles. The SMILES string of the molecule is O=C(NNC(=O)c1ccccc1)/C(=C\c1cccs1)NC(=O)c1ccccc1. The van der Waals surface area contributed by atoms with E-state index in [0.29, 0.717) is 11.1 Å². The third-order valence-corrected chi connectivity index (χ3v) is 4.50. The van der Waals surface area contributed by atoms with E-state index in [1.807, 2.05) is 17.5 Å². The quantitative estimate of drug-likeness (QED) is 0.462. The highest BCUT2D eigenvalue weighted by Gasteiger charge is 2.16. The van der Waals surface area contributed by atoms with E-state index in [-0.39, 0.29) is 5.70 Å². The zero-order valence-electron chi connectivity index (χ0n) is 14.7. The molecule has 3 amide bonds. The van der Waals surface area contributed by atoms with Crippen LogP contribution in [-0.2, 0) is 4.79 Å². The summed E-state index contributed by atoms with van der Waals surface area (Å²) in [6.45, 7) is 0. The van der Waals surface area contributed by atoms with Crippen molar-refractivity contribution in [1.82, 2.24) is 16.2 Å². The van der Waals surface area contributed by atoms with E-state index in [4.69, 9.17) is 0 Å². The number of amides is 3. The largest absolute Gasteiger partial charge is 0.317 e. The zero-order valence-corrected chi connectivity index (χ0v) is 15.5. The highest BCUT2D eigenvalue weighted by atomic mass is 32.1. The molecule has 3 aromatic rings. The van der Waals surface area contributed by atoms with Crippen molar-refractivity contribution in [2.75, 3.05) is 0 Å². The first-order valence-electron chi connectivity index (χ1n) is 8.41. The number of nitrogens with one attached hydrogen (secondary N) is 3. The molecular weight excluding hydrogens is 374 g/mol. The van der Waals surface area contributed by atoms with Gasteiger partial charge in [-0.25, -0.2) is 0 Å². The van der Waals surface area contributed by atoms with Gasteiger partial charge in [0.25, 0.3) is 17.7 Å². The van der Waals surface area contributed by atoms with E-state index in [9.17, 15) is 14.4 Å². The van der Waals surface area contributed by atoms with Crippen molar-refractivity contribution in [3.8, 4) is 0 Å². The summed E-state index contributed by atoms with van der Waals surface area (Å²) in [5.41, 5.74) is 5.52. The standard InChI is InChI=1S/C21H17N3O3S/c25-19(15-8-3-1-4-9-15)22-18(14-17-12-7-13-28-17)21(27)24-23-20(26)16-10-5-2-6-11-16/h1-14H,(H,22,25)(H,23,26)(H,24,27)/b18-14+. The molecule has 0 bridgehead atoms. The molecule has 0 aliphatic heterocycles. The van der Waals surface area contributed by atoms with Gasteiger partial charge in [-0.05, 0) is 41.8 Å². The summed E-state index contributed by atoms with van der Waals surface area (Å²) >= 11 is 1.42. The summed E-state index contributed by atoms with van der Waals surface area (Å²) in [6.07, 6.45) is 1.55. The number of carbonyl (C=O) groups excluding carboxylic acids is 3. The van der Waals surface area contributed by atoms with Gasteiger partial charge in [0.15, 0.2) is 0 Å². The number of carbonyl (C=O) groups is 3. The minimum absolute atomic E-state index is 0.0182. The number of hydrazine groups is 1. The van der Waals surface area contributed by atoms with Gasteiger partial charge in [0.2, 0.25) is 0 Å². The van der Waals surface area contributed by atoms with Gasteiger partial charge in [-0.1, -0.05) is 42.5 Å². The van der Waals surface area contributed by atoms with Gasteiger partial charge in [-0.3, -0.25) is 25.2 Å². The van der Waals surface area contributed by atoms with Gasteiger partial charge in [0.1, 0.15) is 5.70 Å². The van der Waals surface area contributed by atoms with Crippen LogP contribution in [0.25, 0.3) is 6.08 Å². The molecule has 6 nitrogen and oxygen atoms in total. The van der Waals surface area contributed by atoms with Crippen molar-refractivity contribution < 1.29 is 14.4 Å². The van der Waals surface area contributed by atoms with E-state index in [1.54, 1.807) is 66.7 Å². The number of hydrogen-bond acceptors (Lipinski definition) is 4. The fraction of sp³-hybridized carbons (Fsp3) is 0. The van der Waals surface area contributed by atoms with E-state index >= 15 is 0 Å². The van der Waals surface area contributed by atoms with Crippen LogP contribution in [0.4, 0.5) is 0 Å². The summed E-state index contributed by atoms with van der Waals surface area (Å²) in [5.74, 6) is -1.52. The second-order valence-corrected chi connectivity index (χ2v) is 6.65. The Kier molecular flexibility index (Phi) is 6.33. The molecule has 28 heavy (non-hydrogen) atoms. The van der Waals surface area contributed by atoms with Crippen molar-refractivity contribution in [2.45, 2.75) is 0 Å². The van der Waals surface area contributed by atoms with Crippen LogP contribution in [-0.4, -0.2) is 17.7 Å². The monoisotopic (exact) mass is 391 g/mol. The Hall–Kier alpha value is -3.71. The summed E-state index contributed by atoms with van der Waals surface area (Å²) < 4.78 is 0. The Balaban J connectivity index is 1.72. The fourth-order valence-corrected chi connectivity index (χ4v) is 2.96. The van der Waals surface area contributed by atoms with Crippen LogP contribution in [0, 0.1) is 0 Å². The van der Waals surface area contributed by atoms with Gasteiger partial charge in [-0.2, -0.15) is 0 Å². The molecule has 3 rings (SSSR count). The minimum atomic E-state index is -0.637. The number of rotatable bonds is 5. The van der Waals surface area contributed by atoms with Crippen LogP contribution in [0.2, 0.25) is 0 Å². The van der Waals surface area contributed by atoms with Crippen LogP contribution in [0.3, 0.4) is 0 Å². The van der Waals surface area contributed by atoms with Crippen LogP contribution >= 0.6 is 11.3 Å². The first-order valence-corrected chi connectivity index (χ1v) is 9.29. The predicted molar refractivity (Wildman–Crippen MR) is 108 cm³/mol. The Labute approximate surface area is 165 Å². The lowest BCUT2D eigenvalue weighted by Gasteiger charge is -2.12. The lowest BCUT2D eigenvalue weighted by Crippen LogP contribution is -2.45. The second-order valence-electron chi connectivity index (χ2n) is 5.67. The van der Waals surface area contributed by atoms with E-state index in [1.165, 1.54) is 11.3 Å². The minimum Gasteiger partial charge on any atom is -0.317 e. The Morgan fingerprint density at radius 1 is 0.714 bits per heavy atom. The molecule has 140 valence electrons. The molecule has 1 heterocycles. The lowest BCUT2D eigenvalue weighted by molar-refractivity contribution is -0.118. The second kappa shape index (κ2) is 9.29.